The molecule has 0 atom stereocenters. The van der Waals surface area contributed by atoms with Crippen molar-refractivity contribution in [2.75, 3.05) is 6.61 Å². The number of ether oxygens (including phenoxy) is 1. The quantitative estimate of drug-likeness (QED) is 0.575. The summed E-state index contributed by atoms with van der Waals surface area (Å²) < 4.78 is 5.65. The Bertz CT molecular complexity index is 579. The van der Waals surface area contributed by atoms with Gasteiger partial charge < -0.3 is 4.74 Å². The van der Waals surface area contributed by atoms with Gasteiger partial charge in [-0.15, -0.1) is 0 Å². The van der Waals surface area contributed by atoms with E-state index in [1.54, 1.807) is 18.2 Å². The molecule has 3 heteroatoms. The Morgan fingerprint density at radius 2 is 1.90 bits per heavy atom. The smallest absolute Gasteiger partial charge is 0.159 e. The summed E-state index contributed by atoms with van der Waals surface area (Å²) in [6, 6.07) is 15.4. The number of benzene rings is 2. The molecule has 20 heavy (non-hydrogen) atoms. The zero-order valence-corrected chi connectivity index (χ0v) is 12.2. The van der Waals surface area contributed by atoms with Crippen LogP contribution >= 0.6 is 11.6 Å². The lowest BCUT2D eigenvalue weighted by molar-refractivity contribution is 0.101. The fourth-order valence-corrected chi connectivity index (χ4v) is 2.18. The maximum absolute atomic E-state index is 11.2. The van der Waals surface area contributed by atoms with Crippen molar-refractivity contribution in [3.05, 3.63) is 64.7 Å². The topological polar surface area (TPSA) is 26.3 Å². The molecule has 2 aromatic rings. The molecule has 0 aliphatic heterocycles. The van der Waals surface area contributed by atoms with Crippen molar-refractivity contribution >= 4 is 17.4 Å². The summed E-state index contributed by atoms with van der Waals surface area (Å²) in [6.45, 7) is 2.13. The van der Waals surface area contributed by atoms with Gasteiger partial charge in [-0.2, -0.15) is 0 Å². The second-order valence-electron chi connectivity index (χ2n) is 4.64. The third-order valence-corrected chi connectivity index (χ3v) is 3.34. The number of ketones is 1. The molecule has 0 amide bonds. The Hall–Kier alpha value is -1.80. The number of hydrogen-bond acceptors (Lipinski definition) is 2. The molecule has 0 unspecified atom stereocenters. The van der Waals surface area contributed by atoms with Crippen LogP contribution in [0.25, 0.3) is 0 Å². The normalized spacial score (nSPS) is 10.3. The summed E-state index contributed by atoms with van der Waals surface area (Å²) in [5, 5.41) is 0.484. The van der Waals surface area contributed by atoms with Gasteiger partial charge in [0.25, 0.3) is 0 Å². The highest BCUT2D eigenvalue weighted by molar-refractivity contribution is 6.32. The first-order valence-electron chi connectivity index (χ1n) is 6.64. The van der Waals surface area contributed by atoms with Gasteiger partial charge in [-0.1, -0.05) is 41.9 Å². The van der Waals surface area contributed by atoms with E-state index in [9.17, 15) is 4.79 Å². The molecular weight excluding hydrogens is 272 g/mol. The molecule has 0 fully saturated rings. The third kappa shape index (κ3) is 4.10. The predicted octanol–water partition coefficient (Wildman–Crippen LogP) is 4.55. The Labute approximate surface area is 124 Å². The number of Topliss-reactive ketones (excluding diaryl/α,β-unsaturated/α-hetero) is 1. The van der Waals surface area contributed by atoms with Gasteiger partial charge in [-0.3, -0.25) is 4.79 Å². The predicted molar refractivity (Wildman–Crippen MR) is 81.7 cm³/mol. The van der Waals surface area contributed by atoms with Crippen LogP contribution in [0.1, 0.15) is 29.3 Å². The van der Waals surface area contributed by atoms with Crippen molar-refractivity contribution in [3.63, 3.8) is 0 Å². The van der Waals surface area contributed by atoms with E-state index < -0.39 is 0 Å². The maximum Gasteiger partial charge on any atom is 0.159 e. The Morgan fingerprint density at radius 1 is 1.15 bits per heavy atom. The van der Waals surface area contributed by atoms with Gasteiger partial charge >= 0.3 is 0 Å². The fraction of sp³-hybridized carbons (Fsp3) is 0.235. The van der Waals surface area contributed by atoms with Crippen LogP contribution in [0, 0.1) is 0 Å². The highest BCUT2D eigenvalue weighted by atomic mass is 35.5. The SMILES string of the molecule is CC(=O)c1ccc(OCCCc2ccccc2)c(Cl)c1. The standard InChI is InChI=1S/C17H17ClO2/c1-13(19)15-9-10-17(16(18)12-15)20-11-5-8-14-6-3-2-4-7-14/h2-4,6-7,9-10,12H,5,8,11H2,1H3. The summed E-state index contributed by atoms with van der Waals surface area (Å²) >= 11 is 6.09. The van der Waals surface area contributed by atoms with Gasteiger partial charge in [0.2, 0.25) is 0 Å². The Balaban J connectivity index is 1.84. The number of aryl methyl sites for hydroxylation is 1. The van der Waals surface area contributed by atoms with E-state index in [-0.39, 0.29) is 5.78 Å². The molecule has 0 bridgehead atoms. The van der Waals surface area contributed by atoms with Crippen LogP contribution in [-0.4, -0.2) is 12.4 Å². The summed E-state index contributed by atoms with van der Waals surface area (Å²) in [7, 11) is 0. The Kier molecular flexibility index (Phi) is 5.19. The van der Waals surface area contributed by atoms with Crippen LogP contribution in [-0.2, 0) is 6.42 Å². The van der Waals surface area contributed by atoms with Crippen molar-refractivity contribution in [1.82, 2.24) is 0 Å². The average molecular weight is 289 g/mol. The van der Waals surface area contributed by atoms with E-state index in [0.717, 1.165) is 12.8 Å². The zero-order valence-electron chi connectivity index (χ0n) is 11.4. The van der Waals surface area contributed by atoms with Crippen molar-refractivity contribution < 1.29 is 9.53 Å². The van der Waals surface area contributed by atoms with Crippen molar-refractivity contribution in [2.45, 2.75) is 19.8 Å². The highest BCUT2D eigenvalue weighted by Crippen LogP contribution is 2.25. The second kappa shape index (κ2) is 7.11. The van der Waals surface area contributed by atoms with Crippen molar-refractivity contribution in [3.8, 4) is 5.75 Å². The number of carbonyl (C=O) groups is 1. The van der Waals surface area contributed by atoms with E-state index in [1.165, 1.54) is 12.5 Å². The second-order valence-corrected chi connectivity index (χ2v) is 5.05. The lowest BCUT2D eigenvalue weighted by Crippen LogP contribution is -2.01. The van der Waals surface area contributed by atoms with Gasteiger partial charge in [0.15, 0.2) is 5.78 Å². The molecule has 0 heterocycles. The maximum atomic E-state index is 11.2. The first kappa shape index (κ1) is 14.6. The number of halogens is 1. The molecule has 104 valence electrons. The molecular formula is C17H17ClO2. The van der Waals surface area contributed by atoms with Crippen LogP contribution in [0.5, 0.6) is 5.75 Å². The summed E-state index contributed by atoms with van der Waals surface area (Å²) in [6.07, 6.45) is 1.90. The first-order valence-corrected chi connectivity index (χ1v) is 7.02. The summed E-state index contributed by atoms with van der Waals surface area (Å²) in [4.78, 5) is 11.2. The third-order valence-electron chi connectivity index (χ3n) is 3.05. The van der Waals surface area contributed by atoms with Gasteiger partial charge in [-0.05, 0) is 43.5 Å². The Morgan fingerprint density at radius 3 is 2.55 bits per heavy atom. The number of rotatable bonds is 6. The molecule has 0 spiro atoms. The van der Waals surface area contributed by atoms with Gasteiger partial charge in [-0.25, -0.2) is 0 Å². The molecule has 0 aliphatic rings. The van der Waals surface area contributed by atoms with Crippen molar-refractivity contribution in [2.24, 2.45) is 0 Å². The molecule has 2 aromatic carbocycles. The fourth-order valence-electron chi connectivity index (χ4n) is 1.94. The average Bonchev–Trinajstić information content (AvgIpc) is 2.46. The zero-order chi connectivity index (χ0) is 14.4. The molecule has 0 aromatic heterocycles. The lowest BCUT2D eigenvalue weighted by Gasteiger charge is -2.09. The van der Waals surface area contributed by atoms with E-state index in [4.69, 9.17) is 16.3 Å². The monoisotopic (exact) mass is 288 g/mol. The minimum atomic E-state index is 0.00234. The van der Waals surface area contributed by atoms with Crippen LogP contribution < -0.4 is 4.74 Å². The van der Waals surface area contributed by atoms with E-state index >= 15 is 0 Å². The van der Waals surface area contributed by atoms with Crippen LogP contribution in [0.15, 0.2) is 48.5 Å². The molecule has 0 radical (unpaired) electrons. The van der Waals surface area contributed by atoms with Crippen LogP contribution in [0.2, 0.25) is 5.02 Å². The van der Waals surface area contributed by atoms with Gasteiger partial charge in [0.1, 0.15) is 5.75 Å². The molecule has 0 N–H and O–H groups in total. The van der Waals surface area contributed by atoms with E-state index in [0.29, 0.717) is 22.9 Å². The minimum Gasteiger partial charge on any atom is -0.492 e. The lowest BCUT2D eigenvalue weighted by atomic mass is 10.1. The van der Waals surface area contributed by atoms with E-state index in [1.807, 2.05) is 18.2 Å². The highest BCUT2D eigenvalue weighted by Gasteiger charge is 2.05. The number of carbonyl (C=O) groups excluding carboxylic acids is 1. The van der Waals surface area contributed by atoms with E-state index in [2.05, 4.69) is 12.1 Å². The van der Waals surface area contributed by atoms with Crippen LogP contribution in [0.4, 0.5) is 0 Å². The van der Waals surface area contributed by atoms with Gasteiger partial charge in [0, 0.05) is 5.56 Å². The molecule has 2 nitrogen and oxygen atoms in total. The molecule has 2 rings (SSSR count). The van der Waals surface area contributed by atoms with Crippen LogP contribution in [0.3, 0.4) is 0 Å². The number of hydrogen-bond donors (Lipinski definition) is 0. The summed E-state index contributed by atoms with van der Waals surface area (Å²) in [5.41, 5.74) is 1.90. The van der Waals surface area contributed by atoms with Gasteiger partial charge in [0.05, 0.1) is 11.6 Å². The first-order chi connectivity index (χ1) is 9.66. The molecule has 0 saturated carbocycles. The molecule has 0 aliphatic carbocycles. The largest absolute Gasteiger partial charge is 0.492 e. The van der Waals surface area contributed by atoms with Crippen molar-refractivity contribution in [1.29, 1.82) is 0 Å². The summed E-state index contributed by atoms with van der Waals surface area (Å²) in [5.74, 6) is 0.632. The minimum absolute atomic E-state index is 0.00234. The molecule has 0 saturated heterocycles.